The fourth-order valence-electron chi connectivity index (χ4n) is 4.00. The monoisotopic (exact) mass is 593 g/mol. The molecule has 0 bridgehead atoms. The minimum Gasteiger partial charge on any atom is -0.352 e. The molecule has 3 rings (SSSR count). The summed E-state index contributed by atoms with van der Waals surface area (Å²) < 4.78 is 83.3. The van der Waals surface area contributed by atoms with Crippen molar-refractivity contribution in [3.8, 4) is 0 Å². The average Bonchev–Trinajstić information content (AvgIpc) is 2.90. The number of amides is 2. The number of sulfonamides is 1. The lowest BCUT2D eigenvalue weighted by atomic mass is 10.1. The van der Waals surface area contributed by atoms with Gasteiger partial charge in [0.2, 0.25) is 11.8 Å². The van der Waals surface area contributed by atoms with Gasteiger partial charge in [-0.05, 0) is 64.1 Å². The first-order chi connectivity index (χ1) is 19.1. The summed E-state index contributed by atoms with van der Waals surface area (Å²) in [4.78, 5) is 27.4. The van der Waals surface area contributed by atoms with Crippen LogP contribution in [0, 0.1) is 12.7 Å². The van der Waals surface area contributed by atoms with Crippen molar-refractivity contribution in [3.63, 3.8) is 0 Å². The molecule has 0 heterocycles. The van der Waals surface area contributed by atoms with Gasteiger partial charge in [0.1, 0.15) is 18.4 Å². The second kappa shape index (κ2) is 12.7. The molecule has 2 amide bonds. The highest BCUT2D eigenvalue weighted by Crippen LogP contribution is 2.33. The van der Waals surface area contributed by atoms with Crippen LogP contribution in [0.4, 0.5) is 23.2 Å². The van der Waals surface area contributed by atoms with Crippen LogP contribution in [0.5, 0.6) is 0 Å². The highest BCUT2D eigenvalue weighted by Gasteiger charge is 2.35. The summed E-state index contributed by atoms with van der Waals surface area (Å²) in [5.74, 6) is -2.15. The second-order valence-electron chi connectivity index (χ2n) is 9.83. The van der Waals surface area contributed by atoms with E-state index in [4.69, 9.17) is 0 Å². The third kappa shape index (κ3) is 7.84. The highest BCUT2D eigenvalue weighted by molar-refractivity contribution is 7.92. The second-order valence-corrected chi connectivity index (χ2v) is 11.7. The van der Waals surface area contributed by atoms with Crippen molar-refractivity contribution >= 4 is 27.5 Å². The number of hydrogen-bond acceptors (Lipinski definition) is 4. The van der Waals surface area contributed by atoms with Crippen LogP contribution in [0.3, 0.4) is 0 Å². The van der Waals surface area contributed by atoms with Gasteiger partial charge in [-0.2, -0.15) is 13.2 Å². The van der Waals surface area contributed by atoms with E-state index in [9.17, 15) is 35.6 Å². The summed E-state index contributed by atoms with van der Waals surface area (Å²) in [6.07, 6.45) is -4.78. The van der Waals surface area contributed by atoms with E-state index in [0.717, 1.165) is 28.7 Å². The van der Waals surface area contributed by atoms with Crippen molar-refractivity contribution in [2.75, 3.05) is 10.8 Å². The SMILES string of the molecule is Cc1ccc(S(=O)(=O)N(CC(=O)N(Cc2ccccc2F)[C@H](C)C(=O)NC(C)C)c2cccc(C(F)(F)F)c2)cc1. The van der Waals surface area contributed by atoms with Crippen LogP contribution in [-0.4, -0.2) is 43.8 Å². The lowest BCUT2D eigenvalue weighted by Crippen LogP contribution is -2.52. The molecular weight excluding hydrogens is 562 g/mol. The lowest BCUT2D eigenvalue weighted by molar-refractivity contribution is -0.139. The number of alkyl halides is 3. The third-order valence-corrected chi connectivity index (χ3v) is 8.03. The van der Waals surface area contributed by atoms with Crippen LogP contribution in [0.15, 0.2) is 77.7 Å². The van der Waals surface area contributed by atoms with Gasteiger partial charge in [-0.3, -0.25) is 13.9 Å². The van der Waals surface area contributed by atoms with E-state index in [2.05, 4.69) is 5.32 Å². The average molecular weight is 594 g/mol. The first kappa shape index (κ1) is 31.6. The van der Waals surface area contributed by atoms with Crippen molar-refractivity contribution in [2.45, 2.75) is 57.4 Å². The molecule has 220 valence electrons. The Kier molecular flexibility index (Phi) is 9.80. The van der Waals surface area contributed by atoms with Crippen molar-refractivity contribution < 1.29 is 35.6 Å². The first-order valence-corrected chi connectivity index (χ1v) is 14.1. The van der Waals surface area contributed by atoms with Gasteiger partial charge in [0, 0.05) is 18.2 Å². The fraction of sp³-hybridized carbons (Fsp3) is 0.310. The van der Waals surface area contributed by atoms with Gasteiger partial charge in [-0.1, -0.05) is 42.0 Å². The minimum atomic E-state index is -4.78. The molecule has 3 aromatic carbocycles. The number of halogens is 4. The largest absolute Gasteiger partial charge is 0.416 e. The number of hydrogen-bond donors (Lipinski definition) is 1. The quantitative estimate of drug-likeness (QED) is 0.324. The van der Waals surface area contributed by atoms with Gasteiger partial charge in [0.15, 0.2) is 0 Å². The molecule has 0 aliphatic heterocycles. The van der Waals surface area contributed by atoms with Gasteiger partial charge in [-0.25, -0.2) is 12.8 Å². The number of carbonyl (C=O) groups is 2. The van der Waals surface area contributed by atoms with Crippen LogP contribution in [0.2, 0.25) is 0 Å². The summed E-state index contributed by atoms with van der Waals surface area (Å²) in [7, 11) is -4.56. The van der Waals surface area contributed by atoms with Gasteiger partial charge in [-0.15, -0.1) is 0 Å². The maximum Gasteiger partial charge on any atom is 0.416 e. The normalized spacial score (nSPS) is 12.6. The number of rotatable bonds is 10. The Balaban J connectivity index is 2.11. The Bertz CT molecular complexity index is 1490. The Morgan fingerprint density at radius 3 is 2.15 bits per heavy atom. The molecule has 0 saturated heterocycles. The Hall–Kier alpha value is -3.93. The minimum absolute atomic E-state index is 0.0667. The smallest absolute Gasteiger partial charge is 0.352 e. The molecule has 7 nitrogen and oxygen atoms in total. The maximum atomic E-state index is 14.6. The molecule has 3 aromatic rings. The standard InChI is InChI=1S/C29H31F4N3O4S/c1-19(2)34-28(38)21(4)35(17-22-8-5-6-11-26(22)30)27(37)18-36(24-10-7-9-23(16-24)29(31,32)33)41(39,40)25-14-12-20(3)13-15-25/h5-16,19,21H,17-18H2,1-4H3,(H,34,38)/t21-/m1/s1. The molecule has 0 spiro atoms. The molecule has 1 N–H and O–H groups in total. The van der Waals surface area contributed by atoms with E-state index in [1.165, 1.54) is 55.5 Å². The van der Waals surface area contributed by atoms with E-state index in [1.807, 2.05) is 0 Å². The van der Waals surface area contributed by atoms with Gasteiger partial charge in [0.25, 0.3) is 10.0 Å². The molecule has 12 heteroatoms. The number of anilines is 1. The van der Waals surface area contributed by atoms with Gasteiger partial charge in [0.05, 0.1) is 16.1 Å². The molecular formula is C29H31F4N3O4S. The molecule has 0 saturated carbocycles. The lowest BCUT2D eigenvalue weighted by Gasteiger charge is -2.32. The molecule has 1 atom stereocenters. The summed E-state index contributed by atoms with van der Waals surface area (Å²) in [6.45, 7) is 5.20. The van der Waals surface area contributed by atoms with E-state index < -0.39 is 57.7 Å². The number of nitrogens with zero attached hydrogens (tertiary/aromatic N) is 2. The van der Waals surface area contributed by atoms with E-state index in [-0.39, 0.29) is 23.0 Å². The van der Waals surface area contributed by atoms with Crippen LogP contribution >= 0.6 is 0 Å². The molecule has 0 aromatic heterocycles. The number of carbonyl (C=O) groups excluding carboxylic acids is 2. The molecule has 0 unspecified atom stereocenters. The zero-order chi connectivity index (χ0) is 30.5. The maximum absolute atomic E-state index is 14.6. The van der Waals surface area contributed by atoms with Crippen molar-refractivity contribution in [3.05, 3.63) is 95.3 Å². The Morgan fingerprint density at radius 1 is 0.927 bits per heavy atom. The summed E-state index contributed by atoms with van der Waals surface area (Å²) >= 11 is 0. The summed E-state index contributed by atoms with van der Waals surface area (Å²) in [5, 5.41) is 2.67. The Labute approximate surface area is 236 Å². The van der Waals surface area contributed by atoms with Gasteiger partial charge >= 0.3 is 6.18 Å². The van der Waals surface area contributed by atoms with Crippen molar-refractivity contribution in [1.29, 1.82) is 0 Å². The number of nitrogens with one attached hydrogen (secondary N) is 1. The van der Waals surface area contributed by atoms with Crippen molar-refractivity contribution in [1.82, 2.24) is 10.2 Å². The fourth-order valence-corrected chi connectivity index (χ4v) is 5.41. The predicted octanol–water partition coefficient (Wildman–Crippen LogP) is 5.29. The van der Waals surface area contributed by atoms with Gasteiger partial charge < -0.3 is 10.2 Å². The third-order valence-electron chi connectivity index (χ3n) is 6.25. The summed E-state index contributed by atoms with van der Waals surface area (Å²) in [5.41, 5.74) is -0.706. The first-order valence-electron chi connectivity index (χ1n) is 12.7. The number of benzene rings is 3. The van der Waals surface area contributed by atoms with E-state index in [1.54, 1.807) is 20.8 Å². The van der Waals surface area contributed by atoms with Crippen LogP contribution in [-0.2, 0) is 32.3 Å². The predicted molar refractivity (Wildman–Crippen MR) is 147 cm³/mol. The molecule has 0 aliphatic carbocycles. The molecule has 0 aliphatic rings. The zero-order valence-electron chi connectivity index (χ0n) is 22.9. The van der Waals surface area contributed by atoms with Crippen LogP contribution in [0.25, 0.3) is 0 Å². The zero-order valence-corrected chi connectivity index (χ0v) is 23.8. The van der Waals surface area contributed by atoms with Crippen molar-refractivity contribution in [2.24, 2.45) is 0 Å². The van der Waals surface area contributed by atoms with E-state index in [0.29, 0.717) is 10.4 Å². The van der Waals surface area contributed by atoms with Crippen LogP contribution in [0.1, 0.15) is 37.5 Å². The topological polar surface area (TPSA) is 86.8 Å². The molecule has 0 fully saturated rings. The molecule has 41 heavy (non-hydrogen) atoms. The van der Waals surface area contributed by atoms with Crippen LogP contribution < -0.4 is 9.62 Å². The molecule has 0 radical (unpaired) electrons. The Morgan fingerprint density at radius 2 is 1.56 bits per heavy atom. The highest BCUT2D eigenvalue weighted by atomic mass is 32.2. The van der Waals surface area contributed by atoms with E-state index >= 15 is 0 Å². The summed E-state index contributed by atoms with van der Waals surface area (Å²) in [6, 6.07) is 13.3. The number of aryl methyl sites for hydroxylation is 1.